The molecule has 2 rings (SSSR count). The topological polar surface area (TPSA) is 34.0 Å². The predicted molar refractivity (Wildman–Crippen MR) is 100 cm³/mol. The molecule has 2 fully saturated rings. The zero-order valence-corrected chi connectivity index (χ0v) is 16.2. The van der Waals surface area contributed by atoms with Crippen molar-refractivity contribution in [3.8, 4) is 0 Å². The van der Waals surface area contributed by atoms with Crippen LogP contribution in [-0.4, -0.2) is 30.4 Å². The molecular formula is C19H36N2OS. The Morgan fingerprint density at radius 1 is 0.957 bits per heavy atom. The first-order valence-electron chi connectivity index (χ1n) is 9.74. The molecule has 2 saturated carbocycles. The highest BCUT2D eigenvalue weighted by molar-refractivity contribution is 8.00. The number of hydrogen-bond acceptors (Lipinski definition) is 4. The third kappa shape index (κ3) is 5.45. The van der Waals surface area contributed by atoms with Crippen molar-refractivity contribution in [3.05, 3.63) is 0 Å². The summed E-state index contributed by atoms with van der Waals surface area (Å²) < 4.78 is 5.34. The highest BCUT2D eigenvalue weighted by Crippen LogP contribution is 2.51. The van der Waals surface area contributed by atoms with Crippen LogP contribution in [0.15, 0.2) is 10.2 Å². The molecule has 0 aliphatic heterocycles. The van der Waals surface area contributed by atoms with Crippen molar-refractivity contribution < 1.29 is 4.74 Å². The minimum absolute atomic E-state index is 0.0175. The molecule has 3 nitrogen and oxygen atoms in total. The van der Waals surface area contributed by atoms with E-state index in [0.29, 0.717) is 17.9 Å². The zero-order chi connectivity index (χ0) is 16.5. The van der Waals surface area contributed by atoms with Gasteiger partial charge in [0.05, 0.1) is 12.6 Å². The summed E-state index contributed by atoms with van der Waals surface area (Å²) in [5.41, 5.74) is 0. The van der Waals surface area contributed by atoms with E-state index in [2.05, 4.69) is 30.7 Å². The molecule has 0 saturated heterocycles. The monoisotopic (exact) mass is 340 g/mol. The smallest absolute Gasteiger partial charge is 0.132 e. The fourth-order valence-electron chi connectivity index (χ4n) is 4.29. The molecule has 0 spiro atoms. The van der Waals surface area contributed by atoms with E-state index in [9.17, 15) is 0 Å². The summed E-state index contributed by atoms with van der Waals surface area (Å²) in [6.45, 7) is 5.12. The van der Waals surface area contributed by atoms with Gasteiger partial charge in [0.2, 0.25) is 0 Å². The van der Waals surface area contributed by atoms with Gasteiger partial charge in [0, 0.05) is 12.9 Å². The van der Waals surface area contributed by atoms with E-state index in [1.165, 1.54) is 64.2 Å². The number of azo groups is 1. The lowest BCUT2D eigenvalue weighted by Gasteiger charge is -2.45. The Morgan fingerprint density at radius 2 is 1.48 bits per heavy atom. The number of methoxy groups -OCH3 is 1. The van der Waals surface area contributed by atoms with Crippen LogP contribution in [0.5, 0.6) is 0 Å². The van der Waals surface area contributed by atoms with E-state index in [4.69, 9.17) is 9.85 Å². The normalized spacial score (nSPS) is 22.3. The van der Waals surface area contributed by atoms with E-state index in [-0.39, 0.29) is 4.87 Å². The van der Waals surface area contributed by atoms with Gasteiger partial charge in [0.15, 0.2) is 0 Å². The molecule has 2 aliphatic carbocycles. The van der Waals surface area contributed by atoms with Crippen molar-refractivity contribution >= 4 is 11.8 Å². The summed E-state index contributed by atoms with van der Waals surface area (Å²) in [5.74, 6) is 2.47. The second-order valence-electron chi connectivity index (χ2n) is 7.57. The molecule has 4 heteroatoms. The Bertz CT molecular complexity index is 329. The van der Waals surface area contributed by atoms with Crippen LogP contribution in [0.25, 0.3) is 0 Å². The minimum atomic E-state index is 0.0175. The van der Waals surface area contributed by atoms with E-state index in [1.54, 1.807) is 7.11 Å². The lowest BCUT2D eigenvalue weighted by Crippen LogP contribution is -2.43. The van der Waals surface area contributed by atoms with Crippen LogP contribution in [0, 0.1) is 11.8 Å². The van der Waals surface area contributed by atoms with Crippen molar-refractivity contribution in [3.63, 3.8) is 0 Å². The number of thioether (sulfide) groups is 1. The maximum atomic E-state index is 5.34. The lowest BCUT2D eigenvalue weighted by atomic mass is 9.73. The number of nitrogens with zero attached hydrogens (tertiary/aromatic N) is 2. The van der Waals surface area contributed by atoms with Crippen LogP contribution in [0.3, 0.4) is 0 Å². The second kappa shape index (κ2) is 10.0. The van der Waals surface area contributed by atoms with Gasteiger partial charge in [-0.1, -0.05) is 38.5 Å². The fourth-order valence-corrected chi connectivity index (χ4v) is 5.91. The van der Waals surface area contributed by atoms with Crippen LogP contribution in [0.1, 0.15) is 78.1 Å². The van der Waals surface area contributed by atoms with E-state index in [1.807, 2.05) is 0 Å². The molecule has 0 aromatic rings. The first-order valence-corrected chi connectivity index (χ1v) is 10.7. The molecule has 0 radical (unpaired) electrons. The van der Waals surface area contributed by atoms with E-state index < -0.39 is 0 Å². The summed E-state index contributed by atoms with van der Waals surface area (Å²) in [7, 11) is 1.80. The molecule has 0 atom stereocenters. The number of hydrogen-bond donors (Lipinski definition) is 0. The van der Waals surface area contributed by atoms with E-state index in [0.717, 1.165) is 12.4 Å². The van der Waals surface area contributed by atoms with E-state index >= 15 is 0 Å². The Balaban J connectivity index is 2.24. The van der Waals surface area contributed by atoms with Crippen molar-refractivity contribution in [1.29, 1.82) is 0 Å². The Labute approximate surface area is 147 Å². The Hall–Kier alpha value is -0.0900. The zero-order valence-electron chi connectivity index (χ0n) is 15.4. The standard InChI is InChI=1S/C19H36N2OS/c1-16(2)20-21-19(23-15-14-22-3,17-10-6-4-7-11-17)18-12-8-5-9-13-18/h16-18H,4-15H2,1-3H3. The molecule has 23 heavy (non-hydrogen) atoms. The summed E-state index contributed by atoms with van der Waals surface area (Å²) in [6, 6.07) is 0.296. The molecule has 0 aromatic heterocycles. The maximum absolute atomic E-state index is 5.34. The van der Waals surface area contributed by atoms with Gasteiger partial charge in [-0.25, -0.2) is 0 Å². The third-order valence-electron chi connectivity index (χ3n) is 5.45. The first kappa shape index (κ1) is 19.2. The molecule has 0 amide bonds. The van der Waals surface area contributed by atoms with Gasteiger partial charge in [-0.3, -0.25) is 0 Å². The number of ether oxygens (including phenoxy) is 1. The average molecular weight is 341 g/mol. The van der Waals surface area contributed by atoms with Crippen molar-refractivity contribution in [1.82, 2.24) is 0 Å². The average Bonchev–Trinajstić information content (AvgIpc) is 2.59. The van der Waals surface area contributed by atoms with Crippen molar-refractivity contribution in [2.24, 2.45) is 22.1 Å². The maximum Gasteiger partial charge on any atom is 0.132 e. The molecule has 0 heterocycles. The van der Waals surface area contributed by atoms with Crippen LogP contribution in [0.4, 0.5) is 0 Å². The molecule has 2 aliphatic rings. The molecule has 0 unspecified atom stereocenters. The van der Waals surface area contributed by atoms with Gasteiger partial charge >= 0.3 is 0 Å². The number of rotatable bonds is 8. The van der Waals surface area contributed by atoms with Gasteiger partial charge < -0.3 is 4.74 Å². The van der Waals surface area contributed by atoms with Gasteiger partial charge in [-0.15, -0.1) is 11.8 Å². The fraction of sp³-hybridized carbons (Fsp3) is 1.00. The quantitative estimate of drug-likeness (QED) is 0.396. The van der Waals surface area contributed by atoms with Gasteiger partial charge in [-0.2, -0.15) is 10.2 Å². The second-order valence-corrected chi connectivity index (χ2v) is 8.92. The van der Waals surface area contributed by atoms with Crippen molar-refractivity contribution in [2.75, 3.05) is 19.5 Å². The molecule has 134 valence electrons. The minimum Gasteiger partial charge on any atom is -0.384 e. The summed E-state index contributed by atoms with van der Waals surface area (Å²) in [4.78, 5) is 0.0175. The highest BCUT2D eigenvalue weighted by Gasteiger charge is 2.46. The first-order chi connectivity index (χ1) is 11.2. The summed E-state index contributed by atoms with van der Waals surface area (Å²) >= 11 is 2.06. The predicted octanol–water partition coefficient (Wildman–Crippen LogP) is 6.08. The molecule has 0 aromatic carbocycles. The SMILES string of the molecule is COCCSC(N=NC(C)C)(C1CCCCC1)C1CCCCC1. The van der Waals surface area contributed by atoms with Gasteiger partial charge in [-0.05, 0) is 51.4 Å². The van der Waals surface area contributed by atoms with Crippen LogP contribution >= 0.6 is 11.8 Å². The van der Waals surface area contributed by atoms with Crippen LogP contribution in [0.2, 0.25) is 0 Å². The molecular weight excluding hydrogens is 304 g/mol. The molecule has 0 bridgehead atoms. The lowest BCUT2D eigenvalue weighted by molar-refractivity contribution is 0.172. The van der Waals surface area contributed by atoms with Crippen LogP contribution in [-0.2, 0) is 4.74 Å². The molecule has 0 N–H and O–H groups in total. The largest absolute Gasteiger partial charge is 0.384 e. The van der Waals surface area contributed by atoms with Gasteiger partial charge in [0.1, 0.15) is 4.87 Å². The third-order valence-corrected chi connectivity index (χ3v) is 7.03. The Morgan fingerprint density at radius 3 is 1.91 bits per heavy atom. The summed E-state index contributed by atoms with van der Waals surface area (Å²) in [6.07, 6.45) is 13.7. The highest BCUT2D eigenvalue weighted by atomic mass is 32.2. The van der Waals surface area contributed by atoms with Crippen LogP contribution < -0.4 is 0 Å². The van der Waals surface area contributed by atoms with Gasteiger partial charge in [0.25, 0.3) is 0 Å². The summed E-state index contributed by atoms with van der Waals surface area (Å²) in [5, 5.41) is 9.80. The van der Waals surface area contributed by atoms with Crippen molar-refractivity contribution in [2.45, 2.75) is 89.0 Å². The Kier molecular flexibility index (Phi) is 8.39.